The van der Waals surface area contributed by atoms with Gasteiger partial charge >= 0.3 is 12.1 Å². The molecule has 1 amide bonds. The third kappa shape index (κ3) is 5.42. The van der Waals surface area contributed by atoms with Crippen molar-refractivity contribution in [3.63, 3.8) is 0 Å². The second kappa shape index (κ2) is 9.35. The summed E-state index contributed by atoms with van der Waals surface area (Å²) in [5.74, 6) is -0.894. The largest absolute Gasteiger partial charge is 0.476 e. The third-order valence-corrected chi connectivity index (χ3v) is 6.86. The zero-order chi connectivity index (χ0) is 23.6. The Hall–Kier alpha value is -3.19. The first-order chi connectivity index (χ1) is 15.7. The van der Waals surface area contributed by atoms with Crippen LogP contribution in [0.4, 0.5) is 4.79 Å². The van der Waals surface area contributed by atoms with Crippen LogP contribution >= 0.6 is 11.3 Å². The number of ether oxygens (including phenoxy) is 1. The van der Waals surface area contributed by atoms with E-state index in [1.54, 1.807) is 4.90 Å². The van der Waals surface area contributed by atoms with Crippen LogP contribution in [0.1, 0.15) is 55.0 Å². The van der Waals surface area contributed by atoms with E-state index in [-0.39, 0.29) is 17.7 Å². The fraction of sp³-hybridized carbons (Fsp3) is 0.346. The average molecular weight is 465 g/mol. The molecule has 1 fully saturated rings. The number of rotatable bonds is 4. The molecule has 1 aromatic heterocycles. The van der Waals surface area contributed by atoms with Crippen molar-refractivity contribution in [2.24, 2.45) is 0 Å². The molecule has 0 saturated carbocycles. The van der Waals surface area contributed by atoms with E-state index in [0.717, 1.165) is 34.5 Å². The summed E-state index contributed by atoms with van der Waals surface area (Å²) < 4.78 is 5.47. The number of hydrogen-bond acceptors (Lipinski definition) is 5. The molecule has 2 heterocycles. The highest BCUT2D eigenvalue weighted by atomic mass is 32.1. The molecule has 1 saturated heterocycles. The number of likely N-dealkylation sites (tertiary alicyclic amines) is 1. The molecule has 33 heavy (non-hydrogen) atoms. The van der Waals surface area contributed by atoms with E-state index >= 15 is 0 Å². The van der Waals surface area contributed by atoms with Gasteiger partial charge in [0.25, 0.3) is 0 Å². The van der Waals surface area contributed by atoms with Crippen LogP contribution in [0.3, 0.4) is 0 Å². The van der Waals surface area contributed by atoms with Gasteiger partial charge in [-0.05, 0) is 50.3 Å². The molecule has 0 spiro atoms. The Labute approximate surface area is 197 Å². The summed E-state index contributed by atoms with van der Waals surface area (Å²) in [5, 5.41) is 10.6. The number of hydrogen-bond donors (Lipinski definition) is 1. The van der Waals surface area contributed by atoms with Gasteiger partial charge in [-0.15, -0.1) is 11.3 Å². The minimum Gasteiger partial charge on any atom is -0.476 e. The minimum atomic E-state index is -1.02. The molecule has 4 rings (SSSR count). The van der Waals surface area contributed by atoms with Gasteiger partial charge < -0.3 is 14.7 Å². The molecule has 2 aromatic carbocycles. The molecule has 7 heteroatoms. The zero-order valence-corrected chi connectivity index (χ0v) is 19.9. The summed E-state index contributed by atoms with van der Waals surface area (Å²) in [6, 6.07) is 18.0. The van der Waals surface area contributed by atoms with E-state index in [2.05, 4.69) is 4.98 Å². The van der Waals surface area contributed by atoms with E-state index in [1.807, 2.05) is 75.4 Å². The van der Waals surface area contributed by atoms with Gasteiger partial charge in [-0.25, -0.2) is 14.6 Å². The van der Waals surface area contributed by atoms with Gasteiger partial charge in [0.05, 0.1) is 9.88 Å². The number of carboxylic acid groups (broad SMARTS) is 1. The Morgan fingerprint density at radius 3 is 2.12 bits per heavy atom. The molecule has 0 unspecified atom stereocenters. The summed E-state index contributed by atoms with van der Waals surface area (Å²) in [4.78, 5) is 31.2. The highest BCUT2D eigenvalue weighted by molar-refractivity contribution is 7.15. The predicted molar refractivity (Wildman–Crippen MR) is 130 cm³/mol. The van der Waals surface area contributed by atoms with Crippen LogP contribution in [0.2, 0.25) is 0 Å². The lowest BCUT2D eigenvalue weighted by Crippen LogP contribution is -2.41. The lowest BCUT2D eigenvalue weighted by molar-refractivity contribution is 0.0204. The molecule has 0 radical (unpaired) electrons. The summed E-state index contributed by atoms with van der Waals surface area (Å²) in [6.07, 6.45) is 1.17. The Morgan fingerprint density at radius 2 is 1.55 bits per heavy atom. The zero-order valence-electron chi connectivity index (χ0n) is 19.1. The van der Waals surface area contributed by atoms with Crippen molar-refractivity contribution in [2.75, 3.05) is 13.1 Å². The van der Waals surface area contributed by atoms with Crippen molar-refractivity contribution in [2.45, 2.75) is 45.1 Å². The van der Waals surface area contributed by atoms with E-state index in [1.165, 1.54) is 11.3 Å². The Morgan fingerprint density at radius 1 is 0.970 bits per heavy atom. The molecule has 0 atom stereocenters. The lowest BCUT2D eigenvalue weighted by Gasteiger charge is -2.32. The van der Waals surface area contributed by atoms with Crippen molar-refractivity contribution < 1.29 is 19.4 Å². The Bertz CT molecular complexity index is 1130. The van der Waals surface area contributed by atoms with Crippen LogP contribution in [0.25, 0.3) is 21.6 Å². The van der Waals surface area contributed by atoms with Crippen LogP contribution in [0.15, 0.2) is 54.6 Å². The average Bonchev–Trinajstić information content (AvgIpc) is 3.25. The first-order valence-electron chi connectivity index (χ1n) is 11.1. The Kier molecular flexibility index (Phi) is 6.51. The van der Waals surface area contributed by atoms with Crippen molar-refractivity contribution in [3.05, 3.63) is 65.3 Å². The monoisotopic (exact) mass is 464 g/mol. The summed E-state index contributed by atoms with van der Waals surface area (Å²) in [6.45, 7) is 6.71. The standard InChI is InChI=1S/C26H28N2O4S/c1-26(2,3)32-25(31)28-15-13-20(14-16-28)23-27-21(24(29)30)22(33-23)19-11-9-18(10-12-19)17-7-5-4-6-8-17/h4-12,20H,13-16H2,1-3H3,(H,29,30). The van der Waals surface area contributed by atoms with Crippen molar-refractivity contribution in [1.82, 2.24) is 9.88 Å². The fourth-order valence-corrected chi connectivity index (χ4v) is 5.16. The predicted octanol–water partition coefficient (Wildman–Crippen LogP) is 6.29. The number of thiazole rings is 1. The number of carboxylic acids is 1. The number of benzene rings is 2. The second-order valence-electron chi connectivity index (χ2n) is 9.22. The number of piperidine rings is 1. The minimum absolute atomic E-state index is 0.0945. The summed E-state index contributed by atoms with van der Waals surface area (Å²) in [5.41, 5.74) is 2.61. The van der Waals surface area contributed by atoms with Crippen LogP contribution in [-0.2, 0) is 4.74 Å². The smallest absolute Gasteiger partial charge is 0.410 e. The topological polar surface area (TPSA) is 79.7 Å². The number of carbonyl (C=O) groups is 2. The quantitative estimate of drug-likeness (QED) is 0.491. The van der Waals surface area contributed by atoms with Gasteiger partial charge in [-0.1, -0.05) is 54.6 Å². The van der Waals surface area contributed by atoms with Crippen LogP contribution < -0.4 is 0 Å². The first-order valence-corrected chi connectivity index (χ1v) is 11.9. The van der Waals surface area contributed by atoms with Gasteiger partial charge in [0.15, 0.2) is 5.69 Å². The van der Waals surface area contributed by atoms with Crippen molar-refractivity contribution >= 4 is 23.4 Å². The number of aromatic nitrogens is 1. The highest BCUT2D eigenvalue weighted by Crippen LogP contribution is 2.38. The molecule has 1 N–H and O–H groups in total. The number of nitrogens with zero attached hydrogens (tertiary/aromatic N) is 2. The van der Waals surface area contributed by atoms with Crippen LogP contribution in [-0.4, -0.2) is 45.7 Å². The maximum Gasteiger partial charge on any atom is 0.410 e. The van der Waals surface area contributed by atoms with Crippen molar-refractivity contribution in [3.8, 4) is 21.6 Å². The second-order valence-corrected chi connectivity index (χ2v) is 10.3. The van der Waals surface area contributed by atoms with Crippen molar-refractivity contribution in [1.29, 1.82) is 0 Å². The van der Waals surface area contributed by atoms with Gasteiger partial charge in [0.2, 0.25) is 0 Å². The maximum absolute atomic E-state index is 12.3. The fourth-order valence-electron chi connectivity index (χ4n) is 3.93. The molecule has 3 aromatic rings. The number of carbonyl (C=O) groups excluding carboxylic acids is 1. The van der Waals surface area contributed by atoms with E-state index in [9.17, 15) is 14.7 Å². The normalized spacial score (nSPS) is 14.8. The van der Waals surface area contributed by atoms with E-state index < -0.39 is 11.6 Å². The molecule has 0 bridgehead atoms. The maximum atomic E-state index is 12.3. The van der Waals surface area contributed by atoms with Gasteiger partial charge in [-0.2, -0.15) is 0 Å². The molecule has 1 aliphatic rings. The molecule has 0 aliphatic carbocycles. The van der Waals surface area contributed by atoms with Crippen LogP contribution in [0.5, 0.6) is 0 Å². The van der Waals surface area contributed by atoms with Gasteiger partial charge in [0.1, 0.15) is 5.60 Å². The molecule has 172 valence electrons. The molecular formula is C26H28N2O4S. The van der Waals surface area contributed by atoms with Crippen LogP contribution in [0, 0.1) is 0 Å². The Balaban J connectivity index is 1.51. The molecule has 6 nitrogen and oxygen atoms in total. The lowest BCUT2D eigenvalue weighted by atomic mass is 9.98. The number of aromatic carboxylic acids is 1. The highest BCUT2D eigenvalue weighted by Gasteiger charge is 2.30. The third-order valence-electron chi connectivity index (χ3n) is 5.60. The van der Waals surface area contributed by atoms with E-state index in [0.29, 0.717) is 18.0 Å². The van der Waals surface area contributed by atoms with Gasteiger partial charge in [-0.3, -0.25) is 0 Å². The first kappa shape index (κ1) is 23.0. The molecular weight excluding hydrogens is 436 g/mol. The molecule has 1 aliphatic heterocycles. The van der Waals surface area contributed by atoms with Gasteiger partial charge in [0, 0.05) is 19.0 Å². The number of amides is 1. The summed E-state index contributed by atoms with van der Waals surface area (Å²) in [7, 11) is 0. The SMILES string of the molecule is CC(C)(C)OC(=O)N1CCC(c2nc(C(=O)O)c(-c3ccc(-c4ccccc4)cc3)s2)CC1. The summed E-state index contributed by atoms with van der Waals surface area (Å²) >= 11 is 1.44. The van der Waals surface area contributed by atoms with E-state index in [4.69, 9.17) is 4.74 Å².